The van der Waals surface area contributed by atoms with E-state index in [1.807, 2.05) is 45.0 Å². The van der Waals surface area contributed by atoms with Crippen LogP contribution in [0.5, 0.6) is 5.75 Å². The van der Waals surface area contributed by atoms with Gasteiger partial charge in [-0.25, -0.2) is 4.68 Å². The Balaban J connectivity index is 1.78. The molecule has 10 heteroatoms. The van der Waals surface area contributed by atoms with E-state index in [0.717, 1.165) is 11.3 Å². The van der Waals surface area contributed by atoms with Gasteiger partial charge in [0.2, 0.25) is 11.1 Å². The summed E-state index contributed by atoms with van der Waals surface area (Å²) in [7, 11) is 0. The molecule has 0 aliphatic carbocycles. The molecule has 0 fully saturated rings. The molecule has 0 bridgehead atoms. The predicted octanol–water partition coefficient (Wildman–Crippen LogP) is 6.02. The fourth-order valence-corrected chi connectivity index (χ4v) is 4.51. The largest absolute Gasteiger partial charge is 0.492 e. The molecule has 3 aromatic rings. The first-order valence-corrected chi connectivity index (χ1v) is 12.2. The summed E-state index contributed by atoms with van der Waals surface area (Å²) in [5.74, 6) is 1.71. The first-order chi connectivity index (χ1) is 15.9. The van der Waals surface area contributed by atoms with Gasteiger partial charge in [0, 0.05) is 5.70 Å². The Morgan fingerprint density at radius 1 is 1.21 bits per heavy atom. The Kier molecular flexibility index (Phi) is 7.17. The van der Waals surface area contributed by atoms with Crippen LogP contribution in [0, 0.1) is 0 Å². The standard InChI is InChI=1S/C23H23Cl2N5O2S/c1-4-32-18-9-7-6-8-17(18)27-21(31)19-13(3)26-22-28-23(33-5-2)29-30(22)20(19)14-10-11-15(24)16(25)12-14/h6-12,20H,4-5H2,1-3H3,(H,27,31)(H,26,28,29). The molecule has 2 aromatic carbocycles. The molecule has 2 heterocycles. The normalized spacial score (nSPS) is 15.1. The first-order valence-electron chi connectivity index (χ1n) is 10.5. The highest BCUT2D eigenvalue weighted by molar-refractivity contribution is 7.99. The van der Waals surface area contributed by atoms with E-state index >= 15 is 0 Å². The number of hydrogen-bond donors (Lipinski definition) is 2. The topological polar surface area (TPSA) is 81.1 Å². The minimum atomic E-state index is -0.547. The summed E-state index contributed by atoms with van der Waals surface area (Å²) in [5.41, 5.74) is 2.52. The molecule has 0 spiro atoms. The Morgan fingerprint density at radius 2 is 2.00 bits per heavy atom. The summed E-state index contributed by atoms with van der Waals surface area (Å²) in [6.07, 6.45) is 0. The second-order valence-corrected chi connectivity index (χ2v) is 9.26. The minimum absolute atomic E-state index is 0.283. The van der Waals surface area contributed by atoms with Crippen molar-refractivity contribution in [3.8, 4) is 5.75 Å². The lowest BCUT2D eigenvalue weighted by Crippen LogP contribution is -2.31. The molecule has 33 heavy (non-hydrogen) atoms. The van der Waals surface area contributed by atoms with Gasteiger partial charge in [-0.05, 0) is 49.4 Å². The van der Waals surface area contributed by atoms with Crippen LogP contribution >= 0.6 is 35.0 Å². The average Bonchev–Trinajstić information content (AvgIpc) is 3.18. The van der Waals surface area contributed by atoms with Crippen LogP contribution in [0.2, 0.25) is 10.0 Å². The molecule has 7 nitrogen and oxygen atoms in total. The van der Waals surface area contributed by atoms with Crippen LogP contribution in [0.25, 0.3) is 0 Å². The van der Waals surface area contributed by atoms with E-state index in [4.69, 9.17) is 27.9 Å². The van der Waals surface area contributed by atoms with E-state index in [-0.39, 0.29) is 5.91 Å². The smallest absolute Gasteiger partial charge is 0.255 e. The van der Waals surface area contributed by atoms with Crippen LogP contribution in [0.1, 0.15) is 32.4 Å². The maximum Gasteiger partial charge on any atom is 0.255 e. The quantitative estimate of drug-likeness (QED) is 0.383. The molecule has 0 saturated heterocycles. The molecule has 1 aromatic heterocycles. The molecule has 1 amide bonds. The van der Waals surface area contributed by atoms with Gasteiger partial charge in [0.25, 0.3) is 5.91 Å². The SMILES string of the molecule is CCOc1ccccc1NC(=O)C1=C(C)Nc2nc(SCC)nn2C1c1ccc(Cl)c(Cl)c1. The van der Waals surface area contributed by atoms with Gasteiger partial charge >= 0.3 is 0 Å². The third-order valence-corrected chi connectivity index (χ3v) is 6.50. The maximum atomic E-state index is 13.6. The average molecular weight is 504 g/mol. The van der Waals surface area contributed by atoms with E-state index in [1.54, 1.807) is 22.9 Å². The molecule has 1 unspecified atom stereocenters. The molecular weight excluding hydrogens is 481 g/mol. The number of amides is 1. The zero-order valence-electron chi connectivity index (χ0n) is 18.4. The number of anilines is 2. The number of thioether (sulfide) groups is 1. The molecule has 2 N–H and O–H groups in total. The van der Waals surface area contributed by atoms with Crippen molar-refractivity contribution in [2.75, 3.05) is 23.0 Å². The minimum Gasteiger partial charge on any atom is -0.492 e. The third kappa shape index (κ3) is 4.83. The number of allylic oxidation sites excluding steroid dienone is 1. The fraction of sp³-hybridized carbons (Fsp3) is 0.261. The zero-order chi connectivity index (χ0) is 23.5. The van der Waals surface area contributed by atoms with Gasteiger partial charge < -0.3 is 15.4 Å². The van der Waals surface area contributed by atoms with Crippen LogP contribution in [0.3, 0.4) is 0 Å². The molecule has 172 valence electrons. The second kappa shape index (κ2) is 10.1. The maximum absolute atomic E-state index is 13.6. The van der Waals surface area contributed by atoms with E-state index in [9.17, 15) is 4.79 Å². The molecular formula is C23H23Cl2N5O2S. The summed E-state index contributed by atoms with van der Waals surface area (Å²) < 4.78 is 7.39. The van der Waals surface area contributed by atoms with Crippen LogP contribution < -0.4 is 15.4 Å². The number of nitrogens with one attached hydrogen (secondary N) is 2. The number of benzene rings is 2. The van der Waals surface area contributed by atoms with Crippen LogP contribution in [0.4, 0.5) is 11.6 Å². The first kappa shape index (κ1) is 23.5. The van der Waals surface area contributed by atoms with Gasteiger partial charge in [0.15, 0.2) is 0 Å². The molecule has 1 atom stereocenters. The van der Waals surface area contributed by atoms with Gasteiger partial charge in [0.05, 0.1) is 27.9 Å². The fourth-order valence-electron chi connectivity index (χ4n) is 3.65. The lowest BCUT2D eigenvalue weighted by atomic mass is 9.95. The monoisotopic (exact) mass is 503 g/mol. The summed E-state index contributed by atoms with van der Waals surface area (Å²) >= 11 is 14.0. The van der Waals surface area contributed by atoms with Gasteiger partial charge in [-0.2, -0.15) is 4.98 Å². The van der Waals surface area contributed by atoms with Gasteiger partial charge in [-0.1, -0.05) is 60.1 Å². The van der Waals surface area contributed by atoms with Gasteiger partial charge in [0.1, 0.15) is 11.8 Å². The Bertz CT molecular complexity index is 1230. The number of para-hydroxylation sites is 2. The molecule has 0 radical (unpaired) electrons. The summed E-state index contributed by atoms with van der Waals surface area (Å²) in [4.78, 5) is 18.2. The highest BCUT2D eigenvalue weighted by Gasteiger charge is 2.35. The van der Waals surface area contributed by atoms with Crippen LogP contribution in [-0.4, -0.2) is 33.0 Å². The molecule has 4 rings (SSSR count). The highest BCUT2D eigenvalue weighted by atomic mass is 35.5. The van der Waals surface area contributed by atoms with Crippen LogP contribution in [-0.2, 0) is 4.79 Å². The Labute approximate surface area is 206 Å². The van der Waals surface area contributed by atoms with Crippen molar-refractivity contribution in [1.82, 2.24) is 14.8 Å². The summed E-state index contributed by atoms with van der Waals surface area (Å²) in [6.45, 7) is 6.27. The number of carbonyl (C=O) groups excluding carboxylic acids is 1. The van der Waals surface area contributed by atoms with E-state index in [0.29, 0.717) is 50.5 Å². The van der Waals surface area contributed by atoms with Crippen LogP contribution in [0.15, 0.2) is 58.9 Å². The number of rotatable bonds is 7. The number of nitrogens with zero attached hydrogens (tertiary/aromatic N) is 3. The van der Waals surface area contributed by atoms with Crippen molar-refractivity contribution < 1.29 is 9.53 Å². The van der Waals surface area contributed by atoms with Crippen molar-refractivity contribution in [2.24, 2.45) is 0 Å². The van der Waals surface area contributed by atoms with Crippen molar-refractivity contribution in [2.45, 2.75) is 32.0 Å². The second-order valence-electron chi connectivity index (χ2n) is 7.22. The molecule has 1 aliphatic heterocycles. The van der Waals surface area contributed by atoms with Crippen molar-refractivity contribution in [3.63, 3.8) is 0 Å². The van der Waals surface area contributed by atoms with Crippen molar-refractivity contribution in [1.29, 1.82) is 0 Å². The Hall–Kier alpha value is -2.68. The number of ether oxygens (including phenoxy) is 1. The highest BCUT2D eigenvalue weighted by Crippen LogP contribution is 2.39. The number of carbonyl (C=O) groups is 1. The van der Waals surface area contributed by atoms with Gasteiger partial charge in [-0.15, -0.1) is 5.10 Å². The lowest BCUT2D eigenvalue weighted by Gasteiger charge is -2.29. The zero-order valence-corrected chi connectivity index (χ0v) is 20.7. The third-order valence-electron chi connectivity index (χ3n) is 5.05. The number of aromatic nitrogens is 3. The van der Waals surface area contributed by atoms with Crippen molar-refractivity contribution >= 4 is 52.5 Å². The van der Waals surface area contributed by atoms with E-state index in [2.05, 4.69) is 20.7 Å². The number of fused-ring (bicyclic) bond motifs is 1. The lowest BCUT2D eigenvalue weighted by molar-refractivity contribution is -0.113. The Morgan fingerprint density at radius 3 is 2.73 bits per heavy atom. The van der Waals surface area contributed by atoms with E-state index in [1.165, 1.54) is 11.8 Å². The summed E-state index contributed by atoms with van der Waals surface area (Å²) in [5, 5.41) is 12.3. The summed E-state index contributed by atoms with van der Waals surface area (Å²) in [6, 6.07) is 12.1. The van der Waals surface area contributed by atoms with E-state index < -0.39 is 6.04 Å². The molecule has 1 aliphatic rings. The van der Waals surface area contributed by atoms with Gasteiger partial charge in [-0.3, -0.25) is 4.79 Å². The number of halogens is 2. The van der Waals surface area contributed by atoms with Crippen molar-refractivity contribution in [3.05, 3.63) is 69.3 Å². The molecule has 0 saturated carbocycles. The predicted molar refractivity (Wildman–Crippen MR) is 134 cm³/mol. The number of hydrogen-bond acceptors (Lipinski definition) is 6.